The third kappa shape index (κ3) is 4.17. The van der Waals surface area contributed by atoms with Gasteiger partial charge in [-0.05, 0) is 18.2 Å². The molecule has 0 aliphatic carbocycles. The van der Waals surface area contributed by atoms with Crippen LogP contribution in [0, 0.1) is 0 Å². The van der Waals surface area contributed by atoms with Crippen molar-refractivity contribution in [1.29, 1.82) is 0 Å². The first-order chi connectivity index (χ1) is 9.95. The van der Waals surface area contributed by atoms with Gasteiger partial charge >= 0.3 is 5.97 Å². The average Bonchev–Trinajstić information content (AvgIpc) is 2.84. The van der Waals surface area contributed by atoms with Gasteiger partial charge < -0.3 is 15.2 Å². The lowest BCUT2D eigenvalue weighted by Crippen LogP contribution is -2.05. The van der Waals surface area contributed by atoms with Crippen LogP contribution in [0.3, 0.4) is 0 Å². The maximum absolute atomic E-state index is 11.0. The average molecular weight is 327 g/mol. The number of carboxylic acids is 1. The van der Waals surface area contributed by atoms with E-state index in [1.165, 1.54) is 30.4 Å². The highest BCUT2D eigenvalue weighted by atomic mass is 35.5. The first-order valence-electron chi connectivity index (χ1n) is 5.83. The highest BCUT2D eigenvalue weighted by Gasteiger charge is 2.10. The number of hydrogen-bond acceptors (Lipinski definition) is 5. The predicted octanol–water partition coefficient (Wildman–Crippen LogP) is 3.03. The summed E-state index contributed by atoms with van der Waals surface area (Å²) < 4.78 is 5.47. The molecule has 1 aromatic heterocycles. The van der Waals surface area contributed by atoms with E-state index in [0.29, 0.717) is 16.6 Å². The zero-order chi connectivity index (χ0) is 15.4. The number of carboxylic acid groups (broad SMARTS) is 1. The third-order valence-corrected chi connectivity index (χ3v) is 3.53. The topological polar surface area (TPSA) is 88.5 Å². The number of nitrogens with zero attached hydrogens (tertiary/aromatic N) is 1. The molecule has 0 bridgehead atoms. The molecule has 0 aliphatic heterocycles. The quantitative estimate of drug-likeness (QED) is 0.881. The van der Waals surface area contributed by atoms with Gasteiger partial charge in [-0.2, -0.15) is 0 Å². The summed E-state index contributed by atoms with van der Waals surface area (Å²) in [5, 5.41) is 13.9. The zero-order valence-corrected chi connectivity index (χ0v) is 12.5. The lowest BCUT2D eigenvalue weighted by atomic mass is 10.2. The monoisotopic (exact) mass is 326 g/mol. The SMILES string of the molecule is CC(=O)Nc1nc(COc2ccc(Cl)c(C(=O)O)c2)cs1. The molecule has 0 radical (unpaired) electrons. The number of benzene rings is 1. The molecular weight excluding hydrogens is 316 g/mol. The number of ether oxygens (including phenoxy) is 1. The minimum Gasteiger partial charge on any atom is -0.487 e. The number of anilines is 1. The molecule has 1 amide bonds. The Hall–Kier alpha value is -2.12. The molecule has 0 atom stereocenters. The van der Waals surface area contributed by atoms with E-state index in [-0.39, 0.29) is 23.1 Å². The fourth-order valence-corrected chi connectivity index (χ4v) is 2.44. The summed E-state index contributed by atoms with van der Waals surface area (Å²) in [7, 11) is 0. The van der Waals surface area contributed by atoms with Crippen LogP contribution < -0.4 is 10.1 Å². The molecule has 0 aliphatic rings. The molecule has 0 fully saturated rings. The number of aromatic carboxylic acids is 1. The molecule has 0 unspecified atom stereocenters. The van der Waals surface area contributed by atoms with Crippen molar-refractivity contribution >= 4 is 39.9 Å². The highest BCUT2D eigenvalue weighted by molar-refractivity contribution is 7.13. The van der Waals surface area contributed by atoms with Crippen LogP contribution in [0.1, 0.15) is 23.0 Å². The van der Waals surface area contributed by atoms with E-state index in [1.54, 1.807) is 11.4 Å². The highest BCUT2D eigenvalue weighted by Crippen LogP contribution is 2.23. The van der Waals surface area contributed by atoms with Crippen LogP contribution in [0.15, 0.2) is 23.6 Å². The Balaban J connectivity index is 2.03. The van der Waals surface area contributed by atoms with Gasteiger partial charge in [0.2, 0.25) is 5.91 Å². The molecule has 2 aromatic rings. The van der Waals surface area contributed by atoms with Gasteiger partial charge in [0, 0.05) is 12.3 Å². The smallest absolute Gasteiger partial charge is 0.337 e. The molecule has 8 heteroatoms. The first-order valence-corrected chi connectivity index (χ1v) is 7.09. The van der Waals surface area contributed by atoms with Crippen molar-refractivity contribution in [2.45, 2.75) is 13.5 Å². The van der Waals surface area contributed by atoms with E-state index >= 15 is 0 Å². The standard InChI is InChI=1S/C13H11ClN2O4S/c1-7(17)15-13-16-8(6-21-13)5-20-9-2-3-11(14)10(4-9)12(18)19/h2-4,6H,5H2,1H3,(H,18,19)(H,15,16,17). The number of halogens is 1. The van der Waals surface area contributed by atoms with Gasteiger partial charge in [-0.3, -0.25) is 4.79 Å². The summed E-state index contributed by atoms with van der Waals surface area (Å²) in [4.78, 5) is 26.0. The number of carbonyl (C=O) groups excluding carboxylic acids is 1. The molecule has 2 N–H and O–H groups in total. The van der Waals surface area contributed by atoms with Crippen molar-refractivity contribution in [1.82, 2.24) is 4.98 Å². The minimum absolute atomic E-state index is 0.0219. The number of thiazole rings is 1. The number of carbonyl (C=O) groups is 2. The lowest BCUT2D eigenvalue weighted by Gasteiger charge is -2.06. The van der Waals surface area contributed by atoms with Gasteiger partial charge in [0.25, 0.3) is 0 Å². The molecule has 0 saturated carbocycles. The second-order valence-electron chi connectivity index (χ2n) is 4.06. The molecule has 0 saturated heterocycles. The van der Waals surface area contributed by atoms with Crippen LogP contribution in [0.4, 0.5) is 5.13 Å². The van der Waals surface area contributed by atoms with Crippen molar-refractivity contribution in [3.05, 3.63) is 39.9 Å². The summed E-state index contributed by atoms with van der Waals surface area (Å²) >= 11 is 7.06. The maximum Gasteiger partial charge on any atom is 0.337 e. The van der Waals surface area contributed by atoms with E-state index in [9.17, 15) is 9.59 Å². The van der Waals surface area contributed by atoms with Gasteiger partial charge in [-0.25, -0.2) is 9.78 Å². The first kappa shape index (κ1) is 15.3. The minimum atomic E-state index is -1.12. The largest absolute Gasteiger partial charge is 0.487 e. The fourth-order valence-electron chi connectivity index (χ4n) is 1.50. The maximum atomic E-state index is 11.0. The Bertz CT molecular complexity index is 687. The van der Waals surface area contributed by atoms with Gasteiger partial charge in [0.15, 0.2) is 5.13 Å². The second kappa shape index (κ2) is 6.55. The van der Waals surface area contributed by atoms with Crippen molar-refractivity contribution < 1.29 is 19.4 Å². The van der Waals surface area contributed by atoms with Crippen LogP contribution in [-0.4, -0.2) is 22.0 Å². The van der Waals surface area contributed by atoms with Crippen molar-refractivity contribution in [3.8, 4) is 5.75 Å². The number of aromatic nitrogens is 1. The molecule has 21 heavy (non-hydrogen) atoms. The van der Waals surface area contributed by atoms with Crippen LogP contribution in [0.5, 0.6) is 5.75 Å². The third-order valence-electron chi connectivity index (χ3n) is 2.39. The zero-order valence-electron chi connectivity index (χ0n) is 10.9. The van der Waals surface area contributed by atoms with Crippen LogP contribution in [-0.2, 0) is 11.4 Å². The van der Waals surface area contributed by atoms with Gasteiger partial charge in [-0.1, -0.05) is 11.6 Å². The molecule has 1 aromatic carbocycles. The van der Waals surface area contributed by atoms with Crippen LogP contribution >= 0.6 is 22.9 Å². The summed E-state index contributed by atoms with van der Waals surface area (Å²) in [6, 6.07) is 4.39. The van der Waals surface area contributed by atoms with Crippen LogP contribution in [0.2, 0.25) is 5.02 Å². The van der Waals surface area contributed by atoms with Gasteiger partial charge in [0.05, 0.1) is 16.3 Å². The van der Waals surface area contributed by atoms with Gasteiger partial charge in [-0.15, -0.1) is 11.3 Å². The Morgan fingerprint density at radius 3 is 2.90 bits per heavy atom. The summed E-state index contributed by atoms with van der Waals surface area (Å²) in [5.41, 5.74) is 0.613. The van der Waals surface area contributed by atoms with Crippen molar-refractivity contribution in [2.24, 2.45) is 0 Å². The molecule has 2 rings (SSSR count). The van der Waals surface area contributed by atoms with Gasteiger partial charge in [0.1, 0.15) is 12.4 Å². The normalized spacial score (nSPS) is 10.2. The Labute approximate surface area is 129 Å². The Kier molecular flexibility index (Phi) is 4.77. The number of amides is 1. The molecular formula is C13H11ClN2O4S. The van der Waals surface area contributed by atoms with Crippen LogP contribution in [0.25, 0.3) is 0 Å². The van der Waals surface area contributed by atoms with Crippen molar-refractivity contribution in [3.63, 3.8) is 0 Å². The fraction of sp³-hybridized carbons (Fsp3) is 0.154. The van der Waals surface area contributed by atoms with E-state index < -0.39 is 5.97 Å². The molecule has 110 valence electrons. The summed E-state index contributed by atoms with van der Waals surface area (Å²) in [6.07, 6.45) is 0. The van der Waals surface area contributed by atoms with E-state index in [1.807, 2.05) is 0 Å². The van der Waals surface area contributed by atoms with E-state index in [4.69, 9.17) is 21.4 Å². The lowest BCUT2D eigenvalue weighted by molar-refractivity contribution is -0.114. The van der Waals surface area contributed by atoms with E-state index in [0.717, 1.165) is 0 Å². The number of hydrogen-bond donors (Lipinski definition) is 2. The molecule has 1 heterocycles. The Morgan fingerprint density at radius 1 is 1.48 bits per heavy atom. The van der Waals surface area contributed by atoms with Crippen molar-refractivity contribution in [2.75, 3.05) is 5.32 Å². The summed E-state index contributed by atoms with van der Waals surface area (Å²) in [6.45, 7) is 1.56. The van der Waals surface area contributed by atoms with E-state index in [2.05, 4.69) is 10.3 Å². The number of nitrogens with one attached hydrogen (secondary N) is 1. The predicted molar refractivity (Wildman–Crippen MR) is 79.2 cm³/mol. The molecule has 0 spiro atoms. The number of rotatable bonds is 5. The Morgan fingerprint density at radius 2 is 2.24 bits per heavy atom. The summed E-state index contributed by atoms with van der Waals surface area (Å²) in [5.74, 6) is -0.932. The second-order valence-corrected chi connectivity index (χ2v) is 5.33. The molecule has 6 nitrogen and oxygen atoms in total.